The SMILES string of the molecule is Cc1ccc(SCC2Cc3ccccc3O2)c(N)c1. The highest BCUT2D eigenvalue weighted by Gasteiger charge is 2.22. The van der Waals surface area contributed by atoms with Crippen LogP contribution in [0, 0.1) is 6.92 Å². The van der Waals surface area contributed by atoms with Crippen molar-refractivity contribution >= 4 is 17.4 Å². The van der Waals surface area contributed by atoms with Gasteiger partial charge in [-0.3, -0.25) is 0 Å². The third-order valence-electron chi connectivity index (χ3n) is 3.30. The Kier molecular flexibility index (Phi) is 3.38. The summed E-state index contributed by atoms with van der Waals surface area (Å²) >= 11 is 1.77. The van der Waals surface area contributed by atoms with Gasteiger partial charge in [-0.15, -0.1) is 11.8 Å². The van der Waals surface area contributed by atoms with Gasteiger partial charge in [-0.2, -0.15) is 0 Å². The molecule has 0 saturated carbocycles. The van der Waals surface area contributed by atoms with Gasteiger partial charge in [0.05, 0.1) is 0 Å². The summed E-state index contributed by atoms with van der Waals surface area (Å²) in [7, 11) is 0. The molecule has 3 rings (SSSR count). The van der Waals surface area contributed by atoms with Gasteiger partial charge in [0.15, 0.2) is 0 Å². The quantitative estimate of drug-likeness (QED) is 0.683. The van der Waals surface area contributed by atoms with E-state index in [0.717, 1.165) is 28.5 Å². The molecule has 98 valence electrons. The molecule has 2 nitrogen and oxygen atoms in total. The van der Waals surface area contributed by atoms with Crippen molar-refractivity contribution in [2.75, 3.05) is 11.5 Å². The van der Waals surface area contributed by atoms with Gasteiger partial charge < -0.3 is 10.5 Å². The number of nitrogens with two attached hydrogens (primary N) is 1. The molecule has 2 aromatic carbocycles. The molecule has 1 aliphatic rings. The highest BCUT2D eigenvalue weighted by Crippen LogP contribution is 2.32. The zero-order valence-corrected chi connectivity index (χ0v) is 11.7. The van der Waals surface area contributed by atoms with Crippen LogP contribution < -0.4 is 10.5 Å². The Morgan fingerprint density at radius 3 is 2.89 bits per heavy atom. The van der Waals surface area contributed by atoms with Gasteiger partial charge >= 0.3 is 0 Å². The Morgan fingerprint density at radius 1 is 1.26 bits per heavy atom. The second-order valence-electron chi connectivity index (χ2n) is 4.90. The monoisotopic (exact) mass is 271 g/mol. The van der Waals surface area contributed by atoms with Crippen LogP contribution in [0.2, 0.25) is 0 Å². The molecule has 0 amide bonds. The molecular formula is C16H17NOS. The van der Waals surface area contributed by atoms with Crippen LogP contribution in [0.25, 0.3) is 0 Å². The topological polar surface area (TPSA) is 35.2 Å². The van der Waals surface area contributed by atoms with Crippen molar-refractivity contribution in [3.05, 3.63) is 53.6 Å². The first-order valence-electron chi connectivity index (χ1n) is 6.46. The number of hydrogen-bond acceptors (Lipinski definition) is 3. The number of aryl methyl sites for hydroxylation is 1. The summed E-state index contributed by atoms with van der Waals surface area (Å²) in [6.07, 6.45) is 1.25. The van der Waals surface area contributed by atoms with E-state index in [2.05, 4.69) is 31.2 Å². The van der Waals surface area contributed by atoms with Crippen LogP contribution in [-0.4, -0.2) is 11.9 Å². The van der Waals surface area contributed by atoms with E-state index in [0.29, 0.717) is 0 Å². The summed E-state index contributed by atoms with van der Waals surface area (Å²) in [6.45, 7) is 2.06. The van der Waals surface area contributed by atoms with E-state index in [-0.39, 0.29) is 6.10 Å². The summed E-state index contributed by atoms with van der Waals surface area (Å²) in [5, 5.41) is 0. The molecule has 0 aliphatic carbocycles. The molecule has 1 heterocycles. The Bertz CT molecular complexity index is 572. The van der Waals surface area contributed by atoms with E-state index in [9.17, 15) is 0 Å². The maximum atomic E-state index is 6.03. The van der Waals surface area contributed by atoms with Crippen LogP contribution in [0.5, 0.6) is 5.75 Å². The lowest BCUT2D eigenvalue weighted by molar-refractivity contribution is 0.259. The average Bonchev–Trinajstić information content (AvgIpc) is 2.80. The lowest BCUT2D eigenvalue weighted by Gasteiger charge is -2.11. The van der Waals surface area contributed by atoms with Crippen molar-refractivity contribution in [2.24, 2.45) is 0 Å². The predicted molar refractivity (Wildman–Crippen MR) is 80.9 cm³/mol. The minimum atomic E-state index is 0.253. The van der Waals surface area contributed by atoms with Gasteiger partial charge in [0.1, 0.15) is 11.9 Å². The molecule has 0 spiro atoms. The number of nitrogen functional groups attached to an aromatic ring is 1. The van der Waals surface area contributed by atoms with E-state index < -0.39 is 0 Å². The molecule has 19 heavy (non-hydrogen) atoms. The second kappa shape index (κ2) is 5.17. The van der Waals surface area contributed by atoms with Crippen LogP contribution >= 0.6 is 11.8 Å². The molecule has 1 atom stereocenters. The predicted octanol–water partition coefficient (Wildman–Crippen LogP) is 3.67. The van der Waals surface area contributed by atoms with Gasteiger partial charge in [0.2, 0.25) is 0 Å². The summed E-state index contributed by atoms with van der Waals surface area (Å²) in [6, 6.07) is 14.5. The Balaban J connectivity index is 1.63. The number of hydrogen-bond donors (Lipinski definition) is 1. The molecule has 3 heteroatoms. The standard InChI is InChI=1S/C16H17NOS/c1-11-6-7-16(14(17)8-11)19-10-13-9-12-4-2-3-5-15(12)18-13/h2-8,13H,9-10,17H2,1H3. The zero-order chi connectivity index (χ0) is 13.2. The molecule has 0 saturated heterocycles. The fraction of sp³-hybridized carbons (Fsp3) is 0.250. The van der Waals surface area contributed by atoms with Crippen LogP contribution in [0.15, 0.2) is 47.4 Å². The number of anilines is 1. The normalized spacial score (nSPS) is 17.0. The first-order chi connectivity index (χ1) is 9.22. The fourth-order valence-electron chi connectivity index (χ4n) is 2.33. The fourth-order valence-corrected chi connectivity index (χ4v) is 3.27. The van der Waals surface area contributed by atoms with Gasteiger partial charge in [0.25, 0.3) is 0 Å². The number of ether oxygens (including phenoxy) is 1. The Labute approximate surface area is 118 Å². The van der Waals surface area contributed by atoms with Crippen LogP contribution in [-0.2, 0) is 6.42 Å². The number of rotatable bonds is 3. The van der Waals surface area contributed by atoms with Crippen molar-refractivity contribution in [1.29, 1.82) is 0 Å². The van der Waals surface area contributed by atoms with Crippen molar-refractivity contribution in [3.63, 3.8) is 0 Å². The third kappa shape index (κ3) is 2.71. The first-order valence-corrected chi connectivity index (χ1v) is 7.44. The van der Waals surface area contributed by atoms with Crippen LogP contribution in [0.3, 0.4) is 0 Å². The summed E-state index contributed by atoms with van der Waals surface area (Å²) in [5.41, 5.74) is 9.40. The van der Waals surface area contributed by atoms with Crippen molar-refractivity contribution in [3.8, 4) is 5.75 Å². The molecule has 0 bridgehead atoms. The van der Waals surface area contributed by atoms with Crippen LogP contribution in [0.1, 0.15) is 11.1 Å². The molecule has 1 aliphatic heterocycles. The molecule has 0 radical (unpaired) electrons. The lowest BCUT2D eigenvalue weighted by Crippen LogP contribution is -2.15. The largest absolute Gasteiger partial charge is 0.489 e. The number of fused-ring (bicyclic) bond motifs is 1. The summed E-state index contributed by atoms with van der Waals surface area (Å²) < 4.78 is 5.93. The number of thioether (sulfide) groups is 1. The van der Waals surface area contributed by atoms with E-state index >= 15 is 0 Å². The smallest absolute Gasteiger partial charge is 0.123 e. The average molecular weight is 271 g/mol. The van der Waals surface area contributed by atoms with Crippen molar-refractivity contribution in [1.82, 2.24) is 0 Å². The van der Waals surface area contributed by atoms with Gasteiger partial charge in [-0.05, 0) is 36.2 Å². The molecule has 0 aromatic heterocycles. The summed E-state index contributed by atoms with van der Waals surface area (Å²) in [5.74, 6) is 1.96. The molecule has 2 aromatic rings. The maximum absolute atomic E-state index is 6.03. The van der Waals surface area contributed by atoms with Gasteiger partial charge in [-0.25, -0.2) is 0 Å². The van der Waals surface area contributed by atoms with E-state index in [1.807, 2.05) is 18.2 Å². The number of benzene rings is 2. The van der Waals surface area contributed by atoms with E-state index in [4.69, 9.17) is 10.5 Å². The minimum Gasteiger partial charge on any atom is -0.489 e. The molecular weight excluding hydrogens is 254 g/mol. The first kappa shape index (κ1) is 12.4. The van der Waals surface area contributed by atoms with Crippen molar-refractivity contribution in [2.45, 2.75) is 24.3 Å². The highest BCUT2D eigenvalue weighted by molar-refractivity contribution is 7.99. The minimum absolute atomic E-state index is 0.253. The van der Waals surface area contributed by atoms with Crippen LogP contribution in [0.4, 0.5) is 5.69 Å². The van der Waals surface area contributed by atoms with E-state index in [1.165, 1.54) is 11.1 Å². The molecule has 0 fully saturated rings. The Hall–Kier alpha value is -1.61. The molecule has 1 unspecified atom stereocenters. The second-order valence-corrected chi connectivity index (χ2v) is 5.97. The van der Waals surface area contributed by atoms with E-state index in [1.54, 1.807) is 11.8 Å². The van der Waals surface area contributed by atoms with Crippen molar-refractivity contribution < 1.29 is 4.74 Å². The summed E-state index contributed by atoms with van der Waals surface area (Å²) in [4.78, 5) is 1.14. The van der Waals surface area contributed by atoms with Gasteiger partial charge in [-0.1, -0.05) is 24.3 Å². The third-order valence-corrected chi connectivity index (χ3v) is 4.53. The lowest BCUT2D eigenvalue weighted by atomic mass is 10.1. The van der Waals surface area contributed by atoms with Gasteiger partial charge in [0, 0.05) is 22.8 Å². The highest BCUT2D eigenvalue weighted by atomic mass is 32.2. The maximum Gasteiger partial charge on any atom is 0.123 e. The zero-order valence-electron chi connectivity index (χ0n) is 10.9. The number of para-hydroxylation sites is 1. The Morgan fingerprint density at radius 2 is 2.11 bits per heavy atom. The molecule has 2 N–H and O–H groups in total.